The van der Waals surface area contributed by atoms with Gasteiger partial charge in [0.15, 0.2) is 0 Å². The lowest BCUT2D eigenvalue weighted by molar-refractivity contribution is 0.0392. The Kier molecular flexibility index (Phi) is 6.51. The molecule has 1 saturated heterocycles. The molecule has 3 nitrogen and oxygen atoms in total. The Hall–Kier alpha value is -0.120. The van der Waals surface area contributed by atoms with E-state index in [-0.39, 0.29) is 0 Å². The van der Waals surface area contributed by atoms with Crippen molar-refractivity contribution < 1.29 is 4.74 Å². The summed E-state index contributed by atoms with van der Waals surface area (Å²) in [6, 6.07) is 0.683. The second-order valence-electron chi connectivity index (χ2n) is 8.02. The highest BCUT2D eigenvalue weighted by Gasteiger charge is 2.41. The standard InChI is InChI=1S/C18H36N2O/c1-5-10-19-17-16(8-9-18(17,2)3)13-20(4)12-15-7-6-11-21-14-15/h15-17,19H,5-14H2,1-4H3. The zero-order valence-corrected chi connectivity index (χ0v) is 14.7. The Bertz CT molecular complexity index is 300. The molecule has 1 heterocycles. The molecule has 3 heteroatoms. The maximum atomic E-state index is 5.62. The number of ether oxygens (including phenoxy) is 1. The summed E-state index contributed by atoms with van der Waals surface area (Å²) in [5.41, 5.74) is 0.453. The van der Waals surface area contributed by atoms with Gasteiger partial charge in [-0.05, 0) is 62.9 Å². The maximum Gasteiger partial charge on any atom is 0.0506 e. The van der Waals surface area contributed by atoms with Crippen LogP contribution in [0.25, 0.3) is 0 Å². The van der Waals surface area contributed by atoms with Gasteiger partial charge in [0.05, 0.1) is 6.61 Å². The van der Waals surface area contributed by atoms with Gasteiger partial charge >= 0.3 is 0 Å². The first kappa shape index (κ1) is 17.2. The fraction of sp³-hybridized carbons (Fsp3) is 1.00. The molecule has 0 aromatic carbocycles. The Morgan fingerprint density at radius 3 is 2.71 bits per heavy atom. The van der Waals surface area contributed by atoms with Crippen molar-refractivity contribution in [3.05, 3.63) is 0 Å². The molecule has 124 valence electrons. The van der Waals surface area contributed by atoms with E-state index in [1.165, 1.54) is 45.2 Å². The van der Waals surface area contributed by atoms with Crippen molar-refractivity contribution >= 4 is 0 Å². The van der Waals surface area contributed by atoms with E-state index in [4.69, 9.17) is 4.74 Å². The minimum Gasteiger partial charge on any atom is -0.381 e. The van der Waals surface area contributed by atoms with Crippen LogP contribution >= 0.6 is 0 Å². The van der Waals surface area contributed by atoms with Crippen molar-refractivity contribution in [2.45, 2.75) is 58.9 Å². The summed E-state index contributed by atoms with van der Waals surface area (Å²) in [6.45, 7) is 12.7. The summed E-state index contributed by atoms with van der Waals surface area (Å²) >= 11 is 0. The van der Waals surface area contributed by atoms with Gasteiger partial charge in [0.1, 0.15) is 0 Å². The minimum absolute atomic E-state index is 0.453. The fourth-order valence-corrected chi connectivity index (χ4v) is 4.32. The highest BCUT2D eigenvalue weighted by atomic mass is 16.5. The molecule has 0 amide bonds. The largest absolute Gasteiger partial charge is 0.381 e. The molecular formula is C18H36N2O. The smallest absolute Gasteiger partial charge is 0.0506 e. The van der Waals surface area contributed by atoms with Crippen molar-refractivity contribution in [2.75, 3.05) is 39.9 Å². The van der Waals surface area contributed by atoms with Crippen LogP contribution in [0.4, 0.5) is 0 Å². The zero-order valence-electron chi connectivity index (χ0n) is 14.7. The molecule has 3 unspecified atom stereocenters. The molecule has 1 N–H and O–H groups in total. The summed E-state index contributed by atoms with van der Waals surface area (Å²) in [5, 5.41) is 3.83. The van der Waals surface area contributed by atoms with Gasteiger partial charge in [0, 0.05) is 25.7 Å². The van der Waals surface area contributed by atoms with E-state index in [0.29, 0.717) is 11.5 Å². The van der Waals surface area contributed by atoms with Gasteiger partial charge in [0.2, 0.25) is 0 Å². The van der Waals surface area contributed by atoms with Crippen LogP contribution in [-0.2, 0) is 4.74 Å². The molecule has 0 bridgehead atoms. The molecule has 0 aromatic heterocycles. The van der Waals surface area contributed by atoms with E-state index in [0.717, 1.165) is 31.6 Å². The Balaban J connectivity index is 1.81. The zero-order chi connectivity index (χ0) is 15.3. The highest BCUT2D eigenvalue weighted by Crippen LogP contribution is 2.41. The van der Waals surface area contributed by atoms with Gasteiger partial charge in [-0.15, -0.1) is 0 Å². The lowest BCUT2D eigenvalue weighted by Gasteiger charge is -2.34. The van der Waals surface area contributed by atoms with Crippen molar-refractivity contribution in [1.82, 2.24) is 10.2 Å². The Labute approximate surface area is 131 Å². The Morgan fingerprint density at radius 1 is 1.24 bits per heavy atom. The molecule has 0 spiro atoms. The topological polar surface area (TPSA) is 24.5 Å². The molecule has 0 aromatic rings. The van der Waals surface area contributed by atoms with Crippen molar-refractivity contribution in [3.63, 3.8) is 0 Å². The third kappa shape index (κ3) is 4.94. The third-order valence-electron chi connectivity index (χ3n) is 5.46. The normalized spacial score (nSPS) is 32.7. The first-order chi connectivity index (χ1) is 10.0. The van der Waals surface area contributed by atoms with Gasteiger partial charge in [-0.3, -0.25) is 0 Å². The van der Waals surface area contributed by atoms with Crippen LogP contribution in [0.1, 0.15) is 52.9 Å². The second kappa shape index (κ2) is 7.94. The first-order valence-corrected chi connectivity index (χ1v) is 9.02. The minimum atomic E-state index is 0.453. The predicted molar refractivity (Wildman–Crippen MR) is 89.6 cm³/mol. The van der Waals surface area contributed by atoms with Crippen LogP contribution in [-0.4, -0.2) is 50.8 Å². The van der Waals surface area contributed by atoms with Gasteiger partial charge in [0.25, 0.3) is 0 Å². The van der Waals surface area contributed by atoms with Crippen molar-refractivity contribution in [2.24, 2.45) is 17.3 Å². The van der Waals surface area contributed by atoms with Crippen LogP contribution in [0.5, 0.6) is 0 Å². The quantitative estimate of drug-likeness (QED) is 0.781. The van der Waals surface area contributed by atoms with Gasteiger partial charge < -0.3 is 15.0 Å². The average molecular weight is 296 g/mol. The lowest BCUT2D eigenvalue weighted by atomic mass is 9.84. The molecule has 3 atom stereocenters. The van der Waals surface area contributed by atoms with Gasteiger partial charge in [-0.1, -0.05) is 20.8 Å². The van der Waals surface area contributed by atoms with Gasteiger partial charge in [-0.25, -0.2) is 0 Å². The van der Waals surface area contributed by atoms with E-state index in [1.54, 1.807) is 0 Å². The third-order valence-corrected chi connectivity index (χ3v) is 5.46. The Morgan fingerprint density at radius 2 is 2.05 bits per heavy atom. The molecule has 21 heavy (non-hydrogen) atoms. The van der Waals surface area contributed by atoms with Crippen LogP contribution in [0.3, 0.4) is 0 Å². The van der Waals surface area contributed by atoms with E-state index < -0.39 is 0 Å². The molecule has 1 aliphatic carbocycles. The number of nitrogens with one attached hydrogen (secondary N) is 1. The SMILES string of the molecule is CCCNC1C(CN(C)CC2CCCOC2)CCC1(C)C. The van der Waals surface area contributed by atoms with Crippen LogP contribution in [0.2, 0.25) is 0 Å². The first-order valence-electron chi connectivity index (χ1n) is 9.02. The van der Waals surface area contributed by atoms with E-state index >= 15 is 0 Å². The number of rotatable bonds is 7. The number of hydrogen-bond donors (Lipinski definition) is 1. The average Bonchev–Trinajstić information content (AvgIpc) is 2.72. The van der Waals surface area contributed by atoms with Crippen molar-refractivity contribution in [3.8, 4) is 0 Å². The molecule has 2 aliphatic rings. The molecule has 2 rings (SSSR count). The number of hydrogen-bond acceptors (Lipinski definition) is 3. The highest BCUT2D eigenvalue weighted by molar-refractivity contribution is 4.97. The van der Waals surface area contributed by atoms with Crippen LogP contribution in [0.15, 0.2) is 0 Å². The number of nitrogens with zero attached hydrogens (tertiary/aromatic N) is 1. The van der Waals surface area contributed by atoms with Crippen LogP contribution < -0.4 is 5.32 Å². The van der Waals surface area contributed by atoms with E-state index in [9.17, 15) is 0 Å². The second-order valence-corrected chi connectivity index (χ2v) is 8.02. The molecule has 1 saturated carbocycles. The summed E-state index contributed by atoms with van der Waals surface area (Å²) in [4.78, 5) is 2.56. The molecule has 0 radical (unpaired) electrons. The van der Waals surface area contributed by atoms with Crippen LogP contribution in [0, 0.1) is 17.3 Å². The predicted octanol–water partition coefficient (Wildman–Crippen LogP) is 3.15. The van der Waals surface area contributed by atoms with E-state index in [2.05, 4.69) is 38.0 Å². The molecule has 1 aliphatic heterocycles. The van der Waals surface area contributed by atoms with Gasteiger partial charge in [-0.2, -0.15) is 0 Å². The lowest BCUT2D eigenvalue weighted by Crippen LogP contribution is -2.46. The monoisotopic (exact) mass is 296 g/mol. The molecule has 2 fully saturated rings. The summed E-state index contributed by atoms with van der Waals surface area (Å²) < 4.78 is 5.62. The summed E-state index contributed by atoms with van der Waals surface area (Å²) in [5.74, 6) is 1.56. The van der Waals surface area contributed by atoms with Crippen molar-refractivity contribution in [1.29, 1.82) is 0 Å². The van der Waals surface area contributed by atoms with E-state index in [1.807, 2.05) is 0 Å². The maximum absolute atomic E-state index is 5.62. The summed E-state index contributed by atoms with van der Waals surface area (Å²) in [6.07, 6.45) is 6.56. The summed E-state index contributed by atoms with van der Waals surface area (Å²) in [7, 11) is 2.30. The molecular weight excluding hydrogens is 260 g/mol. The fourth-order valence-electron chi connectivity index (χ4n) is 4.32.